The van der Waals surface area contributed by atoms with Gasteiger partial charge in [-0.1, -0.05) is 0 Å². The zero-order valence-corrected chi connectivity index (χ0v) is 9.05. The van der Waals surface area contributed by atoms with Crippen LogP contribution < -0.4 is 10.1 Å². The highest BCUT2D eigenvalue weighted by Crippen LogP contribution is 2.16. The van der Waals surface area contributed by atoms with Gasteiger partial charge in [-0.05, 0) is 12.1 Å². The minimum Gasteiger partial charge on any atom is -0.489 e. The van der Waals surface area contributed by atoms with Crippen LogP contribution in [-0.4, -0.2) is 36.8 Å². The van der Waals surface area contributed by atoms with E-state index < -0.39 is 0 Å². The summed E-state index contributed by atoms with van der Waals surface area (Å²) in [6.45, 7) is 0.655. The molecule has 2 rings (SSSR count). The first-order valence-electron chi connectivity index (χ1n) is 5.17. The average Bonchev–Trinajstić information content (AvgIpc) is 2.78. The summed E-state index contributed by atoms with van der Waals surface area (Å²) in [7, 11) is 1.39. The van der Waals surface area contributed by atoms with Gasteiger partial charge in [-0.15, -0.1) is 0 Å². The van der Waals surface area contributed by atoms with Gasteiger partial charge in [-0.2, -0.15) is 0 Å². The Kier molecular flexibility index (Phi) is 3.36. The first kappa shape index (κ1) is 10.9. The molecule has 2 heterocycles. The third-order valence-electron chi connectivity index (χ3n) is 2.53. The van der Waals surface area contributed by atoms with Crippen LogP contribution in [0.15, 0.2) is 24.5 Å². The minimum absolute atomic E-state index is 0.00602. The van der Waals surface area contributed by atoms with Crippen molar-refractivity contribution in [3.8, 4) is 5.75 Å². The largest absolute Gasteiger partial charge is 0.489 e. The molecule has 16 heavy (non-hydrogen) atoms. The monoisotopic (exact) mass is 222 g/mol. The predicted octanol–water partition coefficient (Wildman–Crippen LogP) is 0.364. The van der Waals surface area contributed by atoms with Crippen LogP contribution in [-0.2, 0) is 9.53 Å². The van der Waals surface area contributed by atoms with Gasteiger partial charge in [-0.3, -0.25) is 9.78 Å². The number of aromatic nitrogens is 1. The van der Waals surface area contributed by atoms with Gasteiger partial charge in [0.2, 0.25) is 0 Å². The van der Waals surface area contributed by atoms with E-state index in [0.29, 0.717) is 13.0 Å². The molecule has 0 unspecified atom stereocenters. The fourth-order valence-corrected chi connectivity index (χ4v) is 1.72. The SMILES string of the molecule is COC(=O)[C@@H]1C[C@H](Oc2ccncc2)CN1. The van der Waals surface area contributed by atoms with E-state index in [2.05, 4.69) is 15.0 Å². The molecule has 86 valence electrons. The lowest BCUT2D eigenvalue weighted by molar-refractivity contribution is -0.142. The lowest BCUT2D eigenvalue weighted by Crippen LogP contribution is -2.31. The lowest BCUT2D eigenvalue weighted by atomic mass is 10.2. The van der Waals surface area contributed by atoms with E-state index in [4.69, 9.17) is 4.74 Å². The van der Waals surface area contributed by atoms with Crippen molar-refractivity contribution in [2.45, 2.75) is 18.6 Å². The first-order valence-corrected chi connectivity index (χ1v) is 5.17. The molecule has 0 aliphatic carbocycles. The normalized spacial score (nSPS) is 24.1. The number of hydrogen-bond acceptors (Lipinski definition) is 5. The van der Waals surface area contributed by atoms with Crippen LogP contribution in [0.1, 0.15) is 6.42 Å². The molecular formula is C11H14N2O3. The maximum atomic E-state index is 11.3. The number of rotatable bonds is 3. The van der Waals surface area contributed by atoms with Crippen molar-refractivity contribution >= 4 is 5.97 Å². The molecular weight excluding hydrogens is 208 g/mol. The number of pyridine rings is 1. The van der Waals surface area contributed by atoms with Crippen LogP contribution in [0.3, 0.4) is 0 Å². The molecule has 0 bridgehead atoms. The number of nitrogens with one attached hydrogen (secondary N) is 1. The van der Waals surface area contributed by atoms with Crippen molar-refractivity contribution in [1.82, 2.24) is 10.3 Å². The number of carbonyl (C=O) groups excluding carboxylic acids is 1. The molecule has 0 radical (unpaired) electrons. The Morgan fingerprint density at radius 1 is 1.50 bits per heavy atom. The lowest BCUT2D eigenvalue weighted by Gasteiger charge is -2.12. The molecule has 1 fully saturated rings. The summed E-state index contributed by atoms with van der Waals surface area (Å²) in [6, 6.07) is 3.34. The molecule has 1 aliphatic heterocycles. The summed E-state index contributed by atoms with van der Waals surface area (Å²) >= 11 is 0. The predicted molar refractivity (Wildman–Crippen MR) is 57.1 cm³/mol. The van der Waals surface area contributed by atoms with Crippen molar-refractivity contribution in [3.05, 3.63) is 24.5 Å². The molecule has 0 spiro atoms. The standard InChI is InChI=1S/C11H14N2O3/c1-15-11(14)10-6-9(7-13-10)16-8-2-4-12-5-3-8/h2-5,9-10,13H,6-7H2,1H3/t9-,10-/m0/s1. The van der Waals surface area contributed by atoms with E-state index in [-0.39, 0.29) is 18.1 Å². The molecule has 2 atom stereocenters. The van der Waals surface area contributed by atoms with Gasteiger partial charge < -0.3 is 14.8 Å². The second-order valence-electron chi connectivity index (χ2n) is 3.64. The Labute approximate surface area is 93.8 Å². The van der Waals surface area contributed by atoms with Gasteiger partial charge in [0.25, 0.3) is 0 Å². The van der Waals surface area contributed by atoms with Gasteiger partial charge >= 0.3 is 5.97 Å². The van der Waals surface area contributed by atoms with Crippen molar-refractivity contribution in [2.24, 2.45) is 0 Å². The molecule has 1 N–H and O–H groups in total. The maximum Gasteiger partial charge on any atom is 0.323 e. The summed E-state index contributed by atoms with van der Waals surface area (Å²) in [5.41, 5.74) is 0. The van der Waals surface area contributed by atoms with Crippen molar-refractivity contribution in [2.75, 3.05) is 13.7 Å². The van der Waals surface area contributed by atoms with Gasteiger partial charge in [0, 0.05) is 25.4 Å². The molecule has 0 aromatic carbocycles. The third kappa shape index (κ3) is 2.49. The fourth-order valence-electron chi connectivity index (χ4n) is 1.72. The van der Waals surface area contributed by atoms with E-state index in [1.807, 2.05) is 0 Å². The van der Waals surface area contributed by atoms with Crippen molar-refractivity contribution in [3.63, 3.8) is 0 Å². The number of esters is 1. The Morgan fingerprint density at radius 3 is 2.94 bits per heavy atom. The average molecular weight is 222 g/mol. The van der Waals surface area contributed by atoms with Gasteiger partial charge in [0.05, 0.1) is 7.11 Å². The van der Waals surface area contributed by atoms with Crippen LogP contribution in [0.25, 0.3) is 0 Å². The third-order valence-corrected chi connectivity index (χ3v) is 2.53. The number of carbonyl (C=O) groups is 1. The second kappa shape index (κ2) is 4.94. The van der Waals surface area contributed by atoms with Crippen LogP contribution >= 0.6 is 0 Å². The number of nitrogens with zero attached hydrogens (tertiary/aromatic N) is 1. The zero-order chi connectivity index (χ0) is 11.4. The maximum absolute atomic E-state index is 11.3. The molecule has 5 heteroatoms. The van der Waals surface area contributed by atoms with Crippen LogP contribution in [0.2, 0.25) is 0 Å². The van der Waals surface area contributed by atoms with Crippen LogP contribution in [0.5, 0.6) is 5.75 Å². The number of hydrogen-bond donors (Lipinski definition) is 1. The Balaban J connectivity index is 1.88. The summed E-state index contributed by atoms with van der Waals surface area (Å²) < 4.78 is 10.4. The zero-order valence-electron chi connectivity index (χ0n) is 9.05. The van der Waals surface area contributed by atoms with E-state index in [0.717, 1.165) is 5.75 Å². The molecule has 0 saturated carbocycles. The quantitative estimate of drug-likeness (QED) is 0.748. The van der Waals surface area contributed by atoms with Gasteiger partial charge in [0.15, 0.2) is 0 Å². The van der Waals surface area contributed by atoms with Crippen LogP contribution in [0.4, 0.5) is 0 Å². The molecule has 0 amide bonds. The van der Waals surface area contributed by atoms with Crippen LogP contribution in [0, 0.1) is 0 Å². The summed E-state index contributed by atoms with van der Waals surface area (Å²) in [6.07, 6.45) is 3.99. The fraction of sp³-hybridized carbons (Fsp3) is 0.455. The first-order chi connectivity index (χ1) is 7.79. The summed E-state index contributed by atoms with van der Waals surface area (Å²) in [5, 5.41) is 3.06. The number of methoxy groups -OCH3 is 1. The van der Waals surface area contributed by atoms with Gasteiger partial charge in [0.1, 0.15) is 17.9 Å². The highest BCUT2D eigenvalue weighted by atomic mass is 16.5. The Morgan fingerprint density at radius 2 is 2.25 bits per heavy atom. The topological polar surface area (TPSA) is 60.5 Å². The minimum atomic E-state index is -0.253. The van der Waals surface area contributed by atoms with Gasteiger partial charge in [-0.25, -0.2) is 0 Å². The van der Waals surface area contributed by atoms with E-state index >= 15 is 0 Å². The molecule has 1 saturated heterocycles. The molecule has 1 aromatic rings. The second-order valence-corrected chi connectivity index (χ2v) is 3.64. The Bertz CT molecular complexity index is 356. The summed E-state index contributed by atoms with van der Waals surface area (Å²) in [4.78, 5) is 15.2. The molecule has 5 nitrogen and oxygen atoms in total. The highest BCUT2D eigenvalue weighted by Gasteiger charge is 2.31. The van der Waals surface area contributed by atoms with Crippen molar-refractivity contribution in [1.29, 1.82) is 0 Å². The van der Waals surface area contributed by atoms with Crippen molar-refractivity contribution < 1.29 is 14.3 Å². The highest BCUT2D eigenvalue weighted by molar-refractivity contribution is 5.76. The molecule has 1 aromatic heterocycles. The number of ether oxygens (including phenoxy) is 2. The smallest absolute Gasteiger partial charge is 0.323 e. The Hall–Kier alpha value is -1.62. The van der Waals surface area contributed by atoms with E-state index in [9.17, 15) is 4.79 Å². The molecule has 1 aliphatic rings. The van der Waals surface area contributed by atoms with E-state index in [1.165, 1.54) is 7.11 Å². The summed E-state index contributed by atoms with van der Waals surface area (Å²) in [5.74, 6) is 0.535. The van der Waals surface area contributed by atoms with E-state index in [1.54, 1.807) is 24.5 Å².